The third-order valence-corrected chi connectivity index (χ3v) is 2.57. The maximum Gasteiger partial charge on any atom is 0.282 e. The summed E-state index contributed by atoms with van der Waals surface area (Å²) in [5.74, 6) is -1.38. The Morgan fingerprint density at radius 1 is 1.45 bits per heavy atom. The summed E-state index contributed by atoms with van der Waals surface area (Å²) in [5.41, 5.74) is -0.709. The van der Waals surface area contributed by atoms with Crippen molar-refractivity contribution in [1.29, 1.82) is 0 Å². The Kier molecular flexibility index (Phi) is 6.58. The zero-order chi connectivity index (χ0) is 15.0. The third-order valence-electron chi connectivity index (χ3n) is 2.57. The number of nitro groups is 1. The molecule has 7 heteroatoms. The zero-order valence-corrected chi connectivity index (χ0v) is 11.2. The van der Waals surface area contributed by atoms with Crippen LogP contribution in [-0.2, 0) is 4.74 Å². The van der Waals surface area contributed by atoms with Gasteiger partial charge < -0.3 is 10.1 Å². The summed E-state index contributed by atoms with van der Waals surface area (Å²) < 4.78 is 18.3. The molecule has 1 rings (SSSR count). The van der Waals surface area contributed by atoms with E-state index in [9.17, 15) is 19.3 Å². The van der Waals surface area contributed by atoms with Crippen molar-refractivity contribution in [2.24, 2.45) is 0 Å². The summed E-state index contributed by atoms with van der Waals surface area (Å²) in [4.78, 5) is 21.8. The molecule has 0 aliphatic carbocycles. The molecule has 0 spiro atoms. The monoisotopic (exact) mass is 284 g/mol. The maximum absolute atomic E-state index is 13.1. The largest absolute Gasteiger partial charge is 0.380 e. The summed E-state index contributed by atoms with van der Waals surface area (Å²) in [6.45, 7) is 3.17. The average molecular weight is 284 g/mol. The first-order chi connectivity index (χ1) is 9.56. The van der Waals surface area contributed by atoms with Crippen molar-refractivity contribution in [2.45, 2.75) is 19.8 Å². The van der Waals surface area contributed by atoms with E-state index in [0.717, 1.165) is 31.0 Å². The molecule has 0 heterocycles. The molecular formula is C13H17FN2O4. The molecule has 0 unspecified atom stereocenters. The van der Waals surface area contributed by atoms with E-state index in [1.54, 1.807) is 0 Å². The molecule has 0 aliphatic rings. The summed E-state index contributed by atoms with van der Waals surface area (Å²) >= 11 is 0. The molecule has 0 atom stereocenters. The number of unbranched alkanes of at least 4 members (excludes halogenated alkanes) is 1. The standard InChI is InChI=1S/C13H17FN2O4/c1-2-3-7-20-8-6-15-13(17)11-9-10(14)4-5-12(11)16(18)19/h4-5,9H,2-3,6-8H2,1H3,(H,15,17). The SMILES string of the molecule is CCCCOCCNC(=O)c1cc(F)ccc1[N+](=O)[O-]. The van der Waals surface area contributed by atoms with Crippen LogP contribution in [0.1, 0.15) is 30.1 Å². The Bertz CT molecular complexity index is 479. The lowest BCUT2D eigenvalue weighted by Crippen LogP contribution is -2.28. The minimum Gasteiger partial charge on any atom is -0.380 e. The molecule has 0 aliphatic heterocycles. The van der Waals surface area contributed by atoms with Crippen LogP contribution in [0.3, 0.4) is 0 Å². The zero-order valence-electron chi connectivity index (χ0n) is 11.2. The van der Waals surface area contributed by atoms with Crippen LogP contribution < -0.4 is 5.32 Å². The molecule has 110 valence electrons. The Balaban J connectivity index is 2.54. The predicted octanol–water partition coefficient (Wildman–Crippen LogP) is 2.28. The van der Waals surface area contributed by atoms with Crippen molar-refractivity contribution in [2.75, 3.05) is 19.8 Å². The first-order valence-corrected chi connectivity index (χ1v) is 6.36. The second kappa shape index (κ2) is 8.21. The summed E-state index contributed by atoms with van der Waals surface area (Å²) in [5, 5.41) is 13.2. The van der Waals surface area contributed by atoms with Gasteiger partial charge in [-0.15, -0.1) is 0 Å². The molecule has 1 aromatic carbocycles. The van der Waals surface area contributed by atoms with Crippen molar-refractivity contribution in [3.63, 3.8) is 0 Å². The lowest BCUT2D eigenvalue weighted by Gasteiger charge is -2.06. The van der Waals surface area contributed by atoms with Crippen molar-refractivity contribution in [3.05, 3.63) is 39.7 Å². The third kappa shape index (κ3) is 4.93. The summed E-state index contributed by atoms with van der Waals surface area (Å²) in [7, 11) is 0. The molecule has 0 fully saturated rings. The summed E-state index contributed by atoms with van der Waals surface area (Å²) in [6.07, 6.45) is 1.95. The fourth-order valence-corrected chi connectivity index (χ4v) is 1.53. The Hall–Kier alpha value is -2.02. The molecule has 1 N–H and O–H groups in total. The van der Waals surface area contributed by atoms with Crippen molar-refractivity contribution in [1.82, 2.24) is 5.32 Å². The van der Waals surface area contributed by atoms with E-state index in [0.29, 0.717) is 13.2 Å². The van der Waals surface area contributed by atoms with Gasteiger partial charge in [-0.3, -0.25) is 14.9 Å². The molecular weight excluding hydrogens is 267 g/mol. The van der Waals surface area contributed by atoms with Gasteiger partial charge in [-0.25, -0.2) is 4.39 Å². The van der Waals surface area contributed by atoms with Gasteiger partial charge in [-0.1, -0.05) is 13.3 Å². The molecule has 0 aromatic heterocycles. The van der Waals surface area contributed by atoms with Crippen molar-refractivity contribution < 1.29 is 18.8 Å². The number of hydrogen-bond acceptors (Lipinski definition) is 4. The molecule has 1 amide bonds. The number of carbonyl (C=O) groups is 1. The predicted molar refractivity (Wildman–Crippen MR) is 71.1 cm³/mol. The van der Waals surface area contributed by atoms with Gasteiger partial charge in [-0.05, 0) is 18.6 Å². The topological polar surface area (TPSA) is 81.5 Å². The van der Waals surface area contributed by atoms with Crippen LogP contribution in [0, 0.1) is 15.9 Å². The Morgan fingerprint density at radius 3 is 2.85 bits per heavy atom. The fraction of sp³-hybridized carbons (Fsp3) is 0.462. The number of nitrogens with zero attached hydrogens (tertiary/aromatic N) is 1. The van der Waals surface area contributed by atoms with Crippen LogP contribution in [-0.4, -0.2) is 30.6 Å². The van der Waals surface area contributed by atoms with E-state index in [-0.39, 0.29) is 12.1 Å². The van der Waals surface area contributed by atoms with Crippen LogP contribution >= 0.6 is 0 Å². The highest BCUT2D eigenvalue weighted by atomic mass is 19.1. The molecule has 0 radical (unpaired) electrons. The number of amides is 1. The lowest BCUT2D eigenvalue weighted by atomic mass is 10.1. The van der Waals surface area contributed by atoms with E-state index in [2.05, 4.69) is 5.32 Å². The van der Waals surface area contributed by atoms with Gasteiger partial charge in [0.05, 0.1) is 11.5 Å². The first-order valence-electron chi connectivity index (χ1n) is 6.36. The first kappa shape index (κ1) is 16.0. The van der Waals surface area contributed by atoms with Gasteiger partial charge in [0.25, 0.3) is 11.6 Å². The van der Waals surface area contributed by atoms with Crippen LogP contribution in [0.2, 0.25) is 0 Å². The highest BCUT2D eigenvalue weighted by Crippen LogP contribution is 2.19. The molecule has 20 heavy (non-hydrogen) atoms. The van der Waals surface area contributed by atoms with Crippen LogP contribution in [0.15, 0.2) is 18.2 Å². The van der Waals surface area contributed by atoms with Crippen molar-refractivity contribution >= 4 is 11.6 Å². The Labute approximate surface area is 116 Å². The number of ether oxygens (including phenoxy) is 1. The molecule has 0 saturated heterocycles. The van der Waals surface area contributed by atoms with Crippen LogP contribution in [0.5, 0.6) is 0 Å². The van der Waals surface area contributed by atoms with Gasteiger partial charge in [-0.2, -0.15) is 0 Å². The quantitative estimate of drug-likeness (QED) is 0.451. The van der Waals surface area contributed by atoms with Gasteiger partial charge in [0.2, 0.25) is 0 Å². The van der Waals surface area contributed by atoms with E-state index in [4.69, 9.17) is 4.74 Å². The smallest absolute Gasteiger partial charge is 0.282 e. The summed E-state index contributed by atoms with van der Waals surface area (Å²) in [6, 6.07) is 2.77. The molecule has 1 aromatic rings. The van der Waals surface area contributed by atoms with Crippen molar-refractivity contribution in [3.8, 4) is 0 Å². The van der Waals surface area contributed by atoms with E-state index in [1.807, 2.05) is 6.92 Å². The lowest BCUT2D eigenvalue weighted by molar-refractivity contribution is -0.385. The minimum absolute atomic E-state index is 0.218. The number of benzene rings is 1. The number of nitrogens with one attached hydrogen (secondary N) is 1. The molecule has 0 saturated carbocycles. The van der Waals surface area contributed by atoms with Gasteiger partial charge in [0, 0.05) is 19.2 Å². The fourth-order valence-electron chi connectivity index (χ4n) is 1.53. The number of halogens is 1. The Morgan fingerprint density at radius 2 is 2.20 bits per heavy atom. The van der Waals surface area contributed by atoms with E-state index in [1.165, 1.54) is 0 Å². The highest BCUT2D eigenvalue weighted by molar-refractivity contribution is 5.98. The van der Waals surface area contributed by atoms with Crippen LogP contribution in [0.4, 0.5) is 10.1 Å². The highest BCUT2D eigenvalue weighted by Gasteiger charge is 2.20. The average Bonchev–Trinajstić information content (AvgIpc) is 2.42. The van der Waals surface area contributed by atoms with Gasteiger partial charge in [0.15, 0.2) is 0 Å². The maximum atomic E-state index is 13.1. The number of hydrogen-bond donors (Lipinski definition) is 1. The normalized spacial score (nSPS) is 10.3. The van der Waals surface area contributed by atoms with Crippen LogP contribution in [0.25, 0.3) is 0 Å². The van der Waals surface area contributed by atoms with Gasteiger partial charge >= 0.3 is 0 Å². The second-order valence-electron chi connectivity index (χ2n) is 4.14. The second-order valence-corrected chi connectivity index (χ2v) is 4.14. The number of carbonyl (C=O) groups excluding carboxylic acids is 1. The van der Waals surface area contributed by atoms with E-state index < -0.39 is 22.3 Å². The van der Waals surface area contributed by atoms with E-state index >= 15 is 0 Å². The molecule has 6 nitrogen and oxygen atoms in total. The number of nitro benzene ring substituents is 1. The number of rotatable bonds is 8. The van der Waals surface area contributed by atoms with Gasteiger partial charge in [0.1, 0.15) is 11.4 Å². The minimum atomic E-state index is -0.716. The molecule has 0 bridgehead atoms.